The van der Waals surface area contributed by atoms with Gasteiger partial charge in [0.05, 0.1) is 17.6 Å². The lowest BCUT2D eigenvalue weighted by atomic mass is 10.1. The molecule has 5 heteroatoms. The van der Waals surface area contributed by atoms with Gasteiger partial charge in [-0.05, 0) is 54.8 Å². The van der Waals surface area contributed by atoms with Gasteiger partial charge in [0.25, 0.3) is 0 Å². The highest BCUT2D eigenvalue weighted by molar-refractivity contribution is 9.10. The quantitative estimate of drug-likeness (QED) is 0.715. The molecule has 23 heavy (non-hydrogen) atoms. The third-order valence-corrected chi connectivity index (χ3v) is 4.51. The monoisotopic (exact) mass is 372 g/mol. The van der Waals surface area contributed by atoms with Crippen molar-refractivity contribution in [2.45, 2.75) is 20.4 Å². The number of rotatable bonds is 5. The van der Waals surface area contributed by atoms with Gasteiger partial charge in [-0.15, -0.1) is 0 Å². The third kappa shape index (κ3) is 3.41. The van der Waals surface area contributed by atoms with Crippen LogP contribution in [-0.2, 0) is 6.54 Å². The number of halogens is 1. The van der Waals surface area contributed by atoms with Crippen LogP contribution in [0.2, 0.25) is 0 Å². The maximum atomic E-state index is 5.64. The summed E-state index contributed by atoms with van der Waals surface area (Å²) < 4.78 is 3.31. The summed E-state index contributed by atoms with van der Waals surface area (Å²) in [5.41, 5.74) is 11.6. The molecule has 2 aromatic carbocycles. The van der Waals surface area contributed by atoms with Crippen LogP contribution in [0.3, 0.4) is 0 Å². The molecule has 0 spiro atoms. The fourth-order valence-electron chi connectivity index (χ4n) is 2.68. The van der Waals surface area contributed by atoms with Crippen LogP contribution >= 0.6 is 15.9 Å². The van der Waals surface area contributed by atoms with Gasteiger partial charge >= 0.3 is 0 Å². The molecule has 0 radical (unpaired) electrons. The Kier molecular flexibility index (Phi) is 4.68. The van der Waals surface area contributed by atoms with Gasteiger partial charge in [-0.3, -0.25) is 0 Å². The van der Waals surface area contributed by atoms with Crippen LogP contribution in [0.4, 0.5) is 5.95 Å². The van der Waals surface area contributed by atoms with Crippen molar-refractivity contribution in [3.63, 3.8) is 0 Å². The zero-order valence-electron chi connectivity index (χ0n) is 13.4. The molecule has 3 rings (SSSR count). The molecule has 1 aromatic heterocycles. The van der Waals surface area contributed by atoms with E-state index in [9.17, 15) is 0 Å². The molecule has 4 nitrogen and oxygen atoms in total. The van der Waals surface area contributed by atoms with Crippen LogP contribution in [0.1, 0.15) is 16.7 Å². The predicted octanol–water partition coefficient (Wildman–Crippen LogP) is 3.83. The van der Waals surface area contributed by atoms with Crippen molar-refractivity contribution >= 4 is 32.9 Å². The van der Waals surface area contributed by atoms with Gasteiger partial charge in [0.15, 0.2) is 0 Å². The summed E-state index contributed by atoms with van der Waals surface area (Å²) in [6, 6.07) is 12.7. The van der Waals surface area contributed by atoms with E-state index >= 15 is 0 Å². The fourth-order valence-corrected chi connectivity index (χ4v) is 3.12. The van der Waals surface area contributed by atoms with Crippen molar-refractivity contribution in [3.8, 4) is 0 Å². The minimum atomic E-state index is 0.581. The van der Waals surface area contributed by atoms with Gasteiger partial charge in [-0.25, -0.2) is 4.98 Å². The van der Waals surface area contributed by atoms with E-state index in [1.165, 1.54) is 16.7 Å². The molecule has 3 aromatic rings. The highest BCUT2D eigenvalue weighted by Gasteiger charge is 2.12. The maximum absolute atomic E-state index is 5.64. The number of imidazole rings is 1. The van der Waals surface area contributed by atoms with Crippen LogP contribution < -0.4 is 11.1 Å². The van der Waals surface area contributed by atoms with Crippen molar-refractivity contribution < 1.29 is 0 Å². The maximum Gasteiger partial charge on any atom is 0.204 e. The van der Waals surface area contributed by atoms with E-state index in [4.69, 9.17) is 10.7 Å². The van der Waals surface area contributed by atoms with Crippen molar-refractivity contribution in [3.05, 3.63) is 57.6 Å². The number of nitrogens with two attached hydrogens (primary N) is 1. The van der Waals surface area contributed by atoms with E-state index in [0.29, 0.717) is 13.1 Å². The SMILES string of the molecule is Cc1cc2nc(NCCN)n(Cc3cccc(Br)c3)c2cc1C. The van der Waals surface area contributed by atoms with Gasteiger partial charge in [0, 0.05) is 17.6 Å². The molecule has 0 aliphatic carbocycles. The Morgan fingerprint density at radius 3 is 2.70 bits per heavy atom. The van der Waals surface area contributed by atoms with Crippen molar-refractivity contribution in [1.82, 2.24) is 9.55 Å². The van der Waals surface area contributed by atoms with Gasteiger partial charge in [-0.2, -0.15) is 0 Å². The van der Waals surface area contributed by atoms with Gasteiger partial charge in [0.1, 0.15) is 0 Å². The van der Waals surface area contributed by atoms with Crippen LogP contribution in [0.15, 0.2) is 40.9 Å². The van der Waals surface area contributed by atoms with E-state index in [2.05, 4.69) is 70.0 Å². The van der Waals surface area contributed by atoms with Crippen molar-refractivity contribution in [2.24, 2.45) is 5.73 Å². The summed E-state index contributed by atoms with van der Waals surface area (Å²) in [5.74, 6) is 0.871. The normalized spacial score (nSPS) is 11.1. The summed E-state index contributed by atoms with van der Waals surface area (Å²) in [4.78, 5) is 4.76. The lowest BCUT2D eigenvalue weighted by Crippen LogP contribution is -2.16. The number of fused-ring (bicyclic) bond motifs is 1. The average molecular weight is 373 g/mol. The highest BCUT2D eigenvalue weighted by atomic mass is 79.9. The summed E-state index contributed by atoms with van der Waals surface area (Å²) >= 11 is 3.54. The van der Waals surface area contributed by atoms with Crippen LogP contribution in [0, 0.1) is 13.8 Å². The molecule has 0 saturated carbocycles. The Labute approximate surface area is 144 Å². The van der Waals surface area contributed by atoms with E-state index in [1.54, 1.807) is 0 Å². The molecule has 0 unspecified atom stereocenters. The lowest BCUT2D eigenvalue weighted by molar-refractivity contribution is 0.820. The van der Waals surface area contributed by atoms with Crippen molar-refractivity contribution in [1.29, 1.82) is 0 Å². The van der Waals surface area contributed by atoms with E-state index in [-0.39, 0.29) is 0 Å². The largest absolute Gasteiger partial charge is 0.354 e. The van der Waals surface area contributed by atoms with Crippen LogP contribution in [0.25, 0.3) is 11.0 Å². The van der Waals surface area contributed by atoms with Gasteiger partial charge < -0.3 is 15.6 Å². The molecular formula is C18H21BrN4. The van der Waals surface area contributed by atoms with Crippen LogP contribution in [0.5, 0.6) is 0 Å². The molecule has 0 fully saturated rings. The summed E-state index contributed by atoms with van der Waals surface area (Å²) in [7, 11) is 0. The van der Waals surface area contributed by atoms with Crippen LogP contribution in [-0.4, -0.2) is 22.6 Å². The van der Waals surface area contributed by atoms with E-state index in [1.807, 2.05) is 6.07 Å². The predicted molar refractivity (Wildman–Crippen MR) is 100.0 cm³/mol. The first-order valence-corrected chi connectivity index (χ1v) is 8.53. The minimum absolute atomic E-state index is 0.581. The molecule has 1 heterocycles. The molecule has 0 amide bonds. The molecule has 0 saturated heterocycles. The summed E-state index contributed by atoms with van der Waals surface area (Å²) in [5, 5.41) is 3.34. The molecule has 120 valence electrons. The Morgan fingerprint density at radius 1 is 1.17 bits per heavy atom. The number of nitrogens with one attached hydrogen (secondary N) is 1. The second-order valence-corrected chi connectivity index (χ2v) is 6.71. The standard InChI is InChI=1S/C18H21BrN4/c1-12-8-16-17(9-13(12)2)23(18(22-16)21-7-6-20)11-14-4-3-5-15(19)10-14/h3-5,8-10H,6-7,11,20H2,1-2H3,(H,21,22). The molecule has 3 N–H and O–H groups in total. The van der Waals surface area contributed by atoms with Crippen molar-refractivity contribution in [2.75, 3.05) is 18.4 Å². The molecule has 0 aliphatic rings. The number of hydrogen-bond donors (Lipinski definition) is 2. The second kappa shape index (κ2) is 6.72. The summed E-state index contributed by atoms with van der Waals surface area (Å²) in [6.45, 7) is 6.32. The van der Waals surface area contributed by atoms with E-state index < -0.39 is 0 Å². The Hall–Kier alpha value is -1.85. The molecule has 0 aliphatic heterocycles. The highest BCUT2D eigenvalue weighted by Crippen LogP contribution is 2.25. The number of hydrogen-bond acceptors (Lipinski definition) is 3. The number of aromatic nitrogens is 2. The number of aryl methyl sites for hydroxylation is 2. The molecule has 0 atom stereocenters. The first kappa shape index (κ1) is 16.0. The topological polar surface area (TPSA) is 55.9 Å². The smallest absolute Gasteiger partial charge is 0.204 e. The second-order valence-electron chi connectivity index (χ2n) is 5.79. The zero-order chi connectivity index (χ0) is 16.4. The van der Waals surface area contributed by atoms with Gasteiger partial charge in [-0.1, -0.05) is 28.1 Å². The summed E-state index contributed by atoms with van der Waals surface area (Å²) in [6.07, 6.45) is 0. The Balaban J connectivity index is 2.09. The number of benzene rings is 2. The average Bonchev–Trinajstić information content (AvgIpc) is 2.83. The minimum Gasteiger partial charge on any atom is -0.354 e. The first-order chi connectivity index (χ1) is 11.1. The number of nitrogens with zero attached hydrogens (tertiary/aromatic N) is 2. The lowest BCUT2D eigenvalue weighted by Gasteiger charge is -2.11. The number of anilines is 1. The Morgan fingerprint density at radius 2 is 1.96 bits per heavy atom. The zero-order valence-corrected chi connectivity index (χ0v) is 15.0. The van der Waals surface area contributed by atoms with E-state index in [0.717, 1.165) is 28.0 Å². The van der Waals surface area contributed by atoms with Gasteiger partial charge in [0.2, 0.25) is 5.95 Å². The molecular weight excluding hydrogens is 352 g/mol. The Bertz CT molecular complexity index is 838. The fraction of sp³-hybridized carbons (Fsp3) is 0.278. The third-order valence-electron chi connectivity index (χ3n) is 4.02. The molecule has 0 bridgehead atoms. The first-order valence-electron chi connectivity index (χ1n) is 7.74.